The van der Waals surface area contributed by atoms with Crippen LogP contribution in [0, 0.1) is 3.57 Å². The molecule has 11 heteroatoms. The minimum Gasteiger partial charge on any atom is -0.463 e. The van der Waals surface area contributed by atoms with E-state index in [1.807, 2.05) is 45.2 Å². The van der Waals surface area contributed by atoms with E-state index in [1.54, 1.807) is 24.3 Å². The van der Waals surface area contributed by atoms with Gasteiger partial charge in [-0.3, -0.25) is 14.4 Å². The number of carbonyl (C=O) groups is 4. The van der Waals surface area contributed by atoms with E-state index in [0.29, 0.717) is 9.13 Å². The Morgan fingerprint density at radius 1 is 0.933 bits per heavy atom. The number of alkyl halides is 1. The molecule has 0 aromatic heterocycles. The van der Waals surface area contributed by atoms with Crippen molar-refractivity contribution in [2.75, 3.05) is 6.61 Å². The maximum absolute atomic E-state index is 12.7. The van der Waals surface area contributed by atoms with Gasteiger partial charge in [0, 0.05) is 24.3 Å². The lowest BCUT2D eigenvalue weighted by Gasteiger charge is -2.42. The van der Waals surface area contributed by atoms with Crippen molar-refractivity contribution in [1.29, 1.82) is 0 Å². The van der Waals surface area contributed by atoms with Crippen LogP contribution in [0.2, 0.25) is 0 Å². The normalized spacial score (nSPS) is 25.7. The molecule has 0 saturated carbocycles. The summed E-state index contributed by atoms with van der Waals surface area (Å²) in [5.41, 5.74) is 0.341. The maximum Gasteiger partial charge on any atom is 0.341 e. The second kappa shape index (κ2) is 11.2. The molecule has 164 valence electrons. The predicted molar refractivity (Wildman–Crippen MR) is 119 cm³/mol. The average molecular weight is 646 g/mol. The summed E-state index contributed by atoms with van der Waals surface area (Å²) in [6, 6.07) is 6.84. The molecular formula is C19H20I2O9. The molecule has 1 heterocycles. The van der Waals surface area contributed by atoms with Crippen LogP contribution >= 0.6 is 45.2 Å². The van der Waals surface area contributed by atoms with Gasteiger partial charge in [-0.2, -0.15) is 0 Å². The van der Waals surface area contributed by atoms with Crippen molar-refractivity contribution in [1.82, 2.24) is 0 Å². The summed E-state index contributed by atoms with van der Waals surface area (Å²) in [6.45, 7) is 3.33. The van der Waals surface area contributed by atoms with Gasteiger partial charge in [0.25, 0.3) is 0 Å². The Morgan fingerprint density at radius 3 is 2.10 bits per heavy atom. The average Bonchev–Trinajstić information content (AvgIpc) is 2.65. The standard InChI is InChI=1S/C19H20I2O9/c1-9(22)26-8-14-16(27-10(2)23)17(28-11(3)24)15(21)19(29-14)30-18(25)12-6-4-5-7-13(12)20/h4-7,14-17,19H,8H2,1-3H3/t14-,15+,16+,17-,19-/m1/s1. The maximum atomic E-state index is 12.7. The first-order chi connectivity index (χ1) is 14.1. The first-order valence-corrected chi connectivity index (χ1v) is 11.2. The molecule has 0 spiro atoms. The Balaban J connectivity index is 2.30. The second-order valence-corrected chi connectivity index (χ2v) is 8.92. The lowest BCUT2D eigenvalue weighted by Crippen LogP contribution is -2.60. The van der Waals surface area contributed by atoms with E-state index in [9.17, 15) is 19.2 Å². The zero-order valence-corrected chi connectivity index (χ0v) is 20.6. The van der Waals surface area contributed by atoms with Gasteiger partial charge in [-0.25, -0.2) is 4.79 Å². The van der Waals surface area contributed by atoms with Gasteiger partial charge in [0.05, 0.1) is 5.56 Å². The van der Waals surface area contributed by atoms with Crippen LogP contribution in [0.1, 0.15) is 31.1 Å². The molecule has 0 amide bonds. The lowest BCUT2D eigenvalue weighted by atomic mass is 10.0. The number of benzene rings is 1. The molecule has 5 atom stereocenters. The van der Waals surface area contributed by atoms with Crippen LogP contribution < -0.4 is 0 Å². The third kappa shape index (κ3) is 6.77. The van der Waals surface area contributed by atoms with E-state index in [-0.39, 0.29) is 6.61 Å². The lowest BCUT2D eigenvalue weighted by molar-refractivity contribution is -0.246. The monoisotopic (exact) mass is 646 g/mol. The highest BCUT2D eigenvalue weighted by Gasteiger charge is 2.50. The fourth-order valence-corrected chi connectivity index (χ4v) is 4.23. The number of hydrogen-bond acceptors (Lipinski definition) is 9. The summed E-state index contributed by atoms with van der Waals surface area (Å²) in [5, 5.41) is 0. The Bertz CT molecular complexity index is 813. The number of esters is 4. The van der Waals surface area contributed by atoms with Gasteiger partial charge in [-0.05, 0) is 34.7 Å². The number of rotatable bonds is 6. The van der Waals surface area contributed by atoms with Gasteiger partial charge < -0.3 is 23.7 Å². The highest BCUT2D eigenvalue weighted by Crippen LogP contribution is 2.33. The largest absolute Gasteiger partial charge is 0.463 e. The molecular weight excluding hydrogens is 626 g/mol. The van der Waals surface area contributed by atoms with Gasteiger partial charge in [0.15, 0.2) is 12.2 Å². The fraction of sp³-hybridized carbons (Fsp3) is 0.474. The van der Waals surface area contributed by atoms with E-state index in [1.165, 1.54) is 20.8 Å². The third-order valence-electron chi connectivity index (χ3n) is 3.94. The summed E-state index contributed by atoms with van der Waals surface area (Å²) in [5.74, 6) is -2.46. The van der Waals surface area contributed by atoms with Crippen molar-refractivity contribution >= 4 is 69.1 Å². The van der Waals surface area contributed by atoms with Crippen molar-refractivity contribution in [3.8, 4) is 0 Å². The van der Waals surface area contributed by atoms with Gasteiger partial charge in [0.1, 0.15) is 16.6 Å². The quantitative estimate of drug-likeness (QED) is 0.199. The highest BCUT2D eigenvalue weighted by atomic mass is 127. The van der Waals surface area contributed by atoms with Crippen LogP contribution in [0.5, 0.6) is 0 Å². The van der Waals surface area contributed by atoms with Crippen molar-refractivity contribution in [3.05, 3.63) is 33.4 Å². The fourth-order valence-electron chi connectivity index (χ4n) is 2.75. The van der Waals surface area contributed by atoms with Crippen LogP contribution in [0.25, 0.3) is 0 Å². The number of carbonyl (C=O) groups excluding carboxylic acids is 4. The summed E-state index contributed by atoms with van der Waals surface area (Å²) in [7, 11) is 0. The van der Waals surface area contributed by atoms with E-state index >= 15 is 0 Å². The van der Waals surface area contributed by atoms with Gasteiger partial charge in [-0.15, -0.1) is 0 Å². The zero-order valence-electron chi connectivity index (χ0n) is 16.3. The van der Waals surface area contributed by atoms with E-state index in [4.69, 9.17) is 23.7 Å². The SMILES string of the molecule is CC(=O)OC[C@H]1O[C@H](OC(=O)c2ccccc2I)[C@@H](I)[C@@H](OC(C)=O)[C@H]1OC(C)=O. The molecule has 1 aliphatic rings. The minimum atomic E-state index is -1.15. The molecule has 0 N–H and O–H groups in total. The third-order valence-corrected chi connectivity index (χ3v) is 6.18. The highest BCUT2D eigenvalue weighted by molar-refractivity contribution is 14.1. The summed E-state index contributed by atoms with van der Waals surface area (Å²) >= 11 is 3.92. The van der Waals surface area contributed by atoms with Gasteiger partial charge in [-0.1, -0.05) is 34.7 Å². The van der Waals surface area contributed by atoms with E-state index in [0.717, 1.165) is 0 Å². The van der Waals surface area contributed by atoms with Crippen LogP contribution in [0.15, 0.2) is 24.3 Å². The van der Waals surface area contributed by atoms with Crippen molar-refractivity contribution in [2.45, 2.75) is 49.3 Å². The molecule has 0 radical (unpaired) electrons. The molecule has 1 aromatic rings. The van der Waals surface area contributed by atoms with Crippen LogP contribution in [-0.4, -0.2) is 59.0 Å². The van der Waals surface area contributed by atoms with Crippen LogP contribution in [0.3, 0.4) is 0 Å². The molecule has 0 aliphatic carbocycles. The molecule has 2 rings (SSSR count). The summed E-state index contributed by atoms with van der Waals surface area (Å²) in [6.07, 6.45) is -4.21. The van der Waals surface area contributed by atoms with Gasteiger partial charge >= 0.3 is 23.9 Å². The molecule has 1 fully saturated rings. The number of halogens is 2. The molecule has 9 nitrogen and oxygen atoms in total. The van der Waals surface area contributed by atoms with Gasteiger partial charge in [0.2, 0.25) is 6.29 Å². The van der Waals surface area contributed by atoms with Crippen molar-refractivity contribution < 1.29 is 42.9 Å². The molecule has 1 aromatic carbocycles. The van der Waals surface area contributed by atoms with E-state index < -0.39 is 52.4 Å². The Hall–Kier alpha value is -1.48. The smallest absolute Gasteiger partial charge is 0.341 e. The molecule has 0 unspecified atom stereocenters. The minimum absolute atomic E-state index is 0.286. The number of ether oxygens (including phenoxy) is 5. The second-order valence-electron chi connectivity index (χ2n) is 6.32. The molecule has 1 aliphatic heterocycles. The molecule has 30 heavy (non-hydrogen) atoms. The Labute approximate surface area is 200 Å². The van der Waals surface area contributed by atoms with Crippen LogP contribution in [-0.2, 0) is 38.1 Å². The molecule has 0 bridgehead atoms. The predicted octanol–water partition coefficient (Wildman–Crippen LogP) is 2.40. The number of hydrogen-bond donors (Lipinski definition) is 0. The Kier molecular flexibility index (Phi) is 9.28. The first kappa shape index (κ1) is 24.8. The Morgan fingerprint density at radius 2 is 1.53 bits per heavy atom. The van der Waals surface area contributed by atoms with Crippen molar-refractivity contribution in [2.24, 2.45) is 0 Å². The van der Waals surface area contributed by atoms with Crippen LogP contribution in [0.4, 0.5) is 0 Å². The first-order valence-electron chi connectivity index (χ1n) is 8.83. The topological polar surface area (TPSA) is 114 Å². The van der Waals surface area contributed by atoms with E-state index in [2.05, 4.69) is 0 Å². The van der Waals surface area contributed by atoms with Crippen molar-refractivity contribution in [3.63, 3.8) is 0 Å². The summed E-state index contributed by atoms with van der Waals surface area (Å²) in [4.78, 5) is 47.2. The summed E-state index contributed by atoms with van der Waals surface area (Å²) < 4.78 is 27.0. The molecule has 1 saturated heterocycles. The zero-order chi connectivity index (χ0) is 22.4.